The summed E-state index contributed by atoms with van der Waals surface area (Å²) in [7, 11) is -0.723. The molecule has 0 aromatic heterocycles. The minimum absolute atomic E-state index is 0. The van der Waals surface area contributed by atoms with Crippen LogP contribution in [0.3, 0.4) is 0 Å². The molecule has 0 spiro atoms. The van der Waals surface area contributed by atoms with E-state index in [1.807, 2.05) is 26.8 Å². The molecule has 1 atom stereocenters. The number of amides is 1. The van der Waals surface area contributed by atoms with Crippen molar-refractivity contribution in [3.05, 3.63) is 29.3 Å². The van der Waals surface area contributed by atoms with Gasteiger partial charge in [-0.1, -0.05) is 32.9 Å². The van der Waals surface area contributed by atoms with E-state index in [4.69, 9.17) is 18.8 Å². The Morgan fingerprint density at radius 1 is 1.20 bits per heavy atom. The molecule has 1 amide bonds. The van der Waals surface area contributed by atoms with Crippen molar-refractivity contribution in [2.24, 2.45) is 5.92 Å². The number of hydrogen-bond acceptors (Lipinski definition) is 7. The highest BCUT2D eigenvalue weighted by atomic mass is 16.7. The lowest BCUT2D eigenvalue weighted by atomic mass is 9.71. The van der Waals surface area contributed by atoms with Crippen LogP contribution < -0.4 is 9.97 Å². The van der Waals surface area contributed by atoms with Gasteiger partial charge in [0, 0.05) is 14.5 Å². The summed E-state index contributed by atoms with van der Waals surface area (Å²) in [5, 5.41) is 2.90. The predicted molar refractivity (Wildman–Crippen MR) is 113 cm³/mol. The average Bonchev–Trinajstić information content (AvgIpc) is 2.74. The number of rotatable bonds is 10. The number of para-hydroxylation sites is 1. The summed E-state index contributed by atoms with van der Waals surface area (Å²) in [6.07, 6.45) is 2.14. The second kappa shape index (κ2) is 11.6. The SMILES string of the molecule is CCOB1Oc2c(cccc2C(=O)OCOC(=O)C(CC)CC)C[C@@H]1NC(=O)CC.[HH]. The van der Waals surface area contributed by atoms with Crippen LogP contribution in [-0.4, -0.2) is 44.3 Å². The van der Waals surface area contributed by atoms with Gasteiger partial charge in [-0.25, -0.2) is 4.79 Å². The molecule has 0 radical (unpaired) electrons. The molecule has 1 aliphatic heterocycles. The van der Waals surface area contributed by atoms with Crippen LogP contribution in [0.4, 0.5) is 0 Å². The summed E-state index contributed by atoms with van der Waals surface area (Å²) in [4.78, 5) is 36.3. The molecule has 1 aliphatic rings. The van der Waals surface area contributed by atoms with Crippen molar-refractivity contribution in [1.82, 2.24) is 5.32 Å². The van der Waals surface area contributed by atoms with Crippen molar-refractivity contribution in [3.63, 3.8) is 0 Å². The third-order valence-corrected chi connectivity index (χ3v) is 5.03. The summed E-state index contributed by atoms with van der Waals surface area (Å²) < 4.78 is 21.8. The van der Waals surface area contributed by atoms with Crippen LogP contribution in [0.5, 0.6) is 5.75 Å². The van der Waals surface area contributed by atoms with Crippen LogP contribution >= 0.6 is 0 Å². The van der Waals surface area contributed by atoms with E-state index in [-0.39, 0.29) is 30.7 Å². The summed E-state index contributed by atoms with van der Waals surface area (Å²) in [6.45, 7) is 7.33. The Morgan fingerprint density at radius 2 is 1.93 bits per heavy atom. The van der Waals surface area contributed by atoms with E-state index >= 15 is 0 Å². The first-order chi connectivity index (χ1) is 14.4. The van der Waals surface area contributed by atoms with E-state index in [1.54, 1.807) is 19.1 Å². The van der Waals surface area contributed by atoms with Gasteiger partial charge in [0.15, 0.2) is 0 Å². The van der Waals surface area contributed by atoms with Gasteiger partial charge >= 0.3 is 19.1 Å². The summed E-state index contributed by atoms with van der Waals surface area (Å²) in [6, 6.07) is 5.12. The monoisotopic (exact) mass is 421 g/mol. The molecule has 0 saturated carbocycles. The van der Waals surface area contributed by atoms with Crippen LogP contribution in [0.2, 0.25) is 0 Å². The first-order valence-corrected chi connectivity index (χ1v) is 10.5. The highest BCUT2D eigenvalue weighted by Gasteiger charge is 2.40. The number of hydrogen-bond donors (Lipinski definition) is 1. The Labute approximate surface area is 179 Å². The van der Waals surface area contributed by atoms with Crippen LogP contribution in [0.15, 0.2) is 18.2 Å². The third kappa shape index (κ3) is 5.98. The number of fused-ring (bicyclic) bond motifs is 1. The Bertz CT molecular complexity index is 757. The quantitative estimate of drug-likeness (QED) is 0.352. The summed E-state index contributed by atoms with van der Waals surface area (Å²) >= 11 is 0. The molecule has 0 unspecified atom stereocenters. The molecular formula is C21H32BNO7. The van der Waals surface area contributed by atoms with Gasteiger partial charge in [-0.05, 0) is 37.8 Å². The molecule has 9 heteroatoms. The van der Waals surface area contributed by atoms with E-state index in [1.165, 1.54) is 0 Å². The van der Waals surface area contributed by atoms with Crippen LogP contribution in [0.25, 0.3) is 0 Å². The van der Waals surface area contributed by atoms with Crippen molar-refractivity contribution in [2.45, 2.75) is 59.3 Å². The molecule has 2 rings (SSSR count). The van der Waals surface area contributed by atoms with Crippen molar-refractivity contribution in [2.75, 3.05) is 13.4 Å². The molecule has 30 heavy (non-hydrogen) atoms. The number of benzene rings is 1. The maximum Gasteiger partial charge on any atom is 0.549 e. The highest BCUT2D eigenvalue weighted by Crippen LogP contribution is 2.31. The molecular weight excluding hydrogens is 389 g/mol. The number of carbonyl (C=O) groups excluding carboxylic acids is 3. The number of carbonyl (C=O) groups is 3. The largest absolute Gasteiger partial charge is 0.549 e. The average molecular weight is 421 g/mol. The summed E-state index contributed by atoms with van der Waals surface area (Å²) in [5.74, 6) is -1.36. The van der Waals surface area contributed by atoms with Crippen LogP contribution in [0, 0.1) is 5.92 Å². The molecule has 166 valence electrons. The lowest BCUT2D eigenvalue weighted by Crippen LogP contribution is -2.54. The zero-order valence-corrected chi connectivity index (χ0v) is 18.1. The number of ether oxygens (including phenoxy) is 2. The van der Waals surface area contributed by atoms with Gasteiger partial charge in [-0.2, -0.15) is 0 Å². The van der Waals surface area contributed by atoms with E-state index < -0.39 is 19.9 Å². The molecule has 1 heterocycles. The zero-order chi connectivity index (χ0) is 22.1. The normalized spacial score (nSPS) is 15.2. The van der Waals surface area contributed by atoms with E-state index in [2.05, 4.69) is 5.32 Å². The Morgan fingerprint density at radius 3 is 2.57 bits per heavy atom. The highest BCUT2D eigenvalue weighted by molar-refractivity contribution is 6.48. The maximum atomic E-state index is 12.6. The first kappa shape index (κ1) is 23.7. The van der Waals surface area contributed by atoms with Crippen molar-refractivity contribution in [3.8, 4) is 5.75 Å². The Balaban J connectivity index is 0.00000480. The molecule has 0 bridgehead atoms. The molecule has 8 nitrogen and oxygen atoms in total. The van der Waals surface area contributed by atoms with Gasteiger partial charge < -0.3 is 24.1 Å². The van der Waals surface area contributed by atoms with Gasteiger partial charge in [0.1, 0.15) is 11.3 Å². The molecule has 0 aliphatic carbocycles. The van der Waals surface area contributed by atoms with Crippen LogP contribution in [0.1, 0.15) is 64.3 Å². The van der Waals surface area contributed by atoms with Gasteiger partial charge in [0.25, 0.3) is 0 Å². The zero-order valence-electron chi connectivity index (χ0n) is 18.1. The van der Waals surface area contributed by atoms with E-state index in [9.17, 15) is 14.4 Å². The summed E-state index contributed by atoms with van der Waals surface area (Å²) in [5.41, 5.74) is 0.979. The standard InChI is InChI=1S/C21H30BNO7.H2/c1-5-14(6-2)20(25)27-13-28-21(26)16-11-9-10-15-12-17(23-18(24)7-3)22(29-8-4)30-19(15)16;/h9-11,14,17H,5-8,12-13H2,1-4H3,(H,23,24);1H/t17-;/m0./s1. The maximum absolute atomic E-state index is 12.6. The second-order valence-electron chi connectivity index (χ2n) is 6.99. The van der Waals surface area contributed by atoms with Crippen molar-refractivity contribution < 1.29 is 34.6 Å². The number of nitrogens with one attached hydrogen (secondary N) is 1. The van der Waals surface area contributed by atoms with Gasteiger partial charge in [0.2, 0.25) is 12.7 Å². The lowest BCUT2D eigenvalue weighted by Gasteiger charge is -2.31. The topological polar surface area (TPSA) is 100 Å². The third-order valence-electron chi connectivity index (χ3n) is 5.03. The molecule has 1 aromatic carbocycles. The molecule has 0 saturated heterocycles. The molecule has 1 aromatic rings. The van der Waals surface area contributed by atoms with Gasteiger partial charge in [-0.15, -0.1) is 0 Å². The fraction of sp³-hybridized carbons (Fsp3) is 0.571. The Kier molecular flexibility index (Phi) is 9.17. The lowest BCUT2D eigenvalue weighted by molar-refractivity contribution is -0.157. The van der Waals surface area contributed by atoms with Crippen LogP contribution in [-0.2, 0) is 30.1 Å². The minimum Gasteiger partial charge on any atom is -0.534 e. The fourth-order valence-corrected chi connectivity index (χ4v) is 3.28. The first-order valence-electron chi connectivity index (χ1n) is 10.5. The van der Waals surface area contributed by atoms with Gasteiger partial charge in [0.05, 0.1) is 11.9 Å². The fourth-order valence-electron chi connectivity index (χ4n) is 3.28. The number of esters is 2. The minimum atomic E-state index is -0.723. The smallest absolute Gasteiger partial charge is 0.534 e. The van der Waals surface area contributed by atoms with Gasteiger partial charge in [-0.3, -0.25) is 9.59 Å². The van der Waals surface area contributed by atoms with E-state index in [0.717, 1.165) is 5.56 Å². The predicted octanol–water partition coefficient (Wildman–Crippen LogP) is 2.92. The van der Waals surface area contributed by atoms with E-state index in [0.29, 0.717) is 38.0 Å². The molecule has 1 N–H and O–H groups in total. The van der Waals surface area contributed by atoms with Crippen molar-refractivity contribution >= 4 is 25.0 Å². The Hall–Kier alpha value is -2.55. The van der Waals surface area contributed by atoms with Crippen molar-refractivity contribution in [1.29, 1.82) is 0 Å². The molecule has 0 fully saturated rings. The second-order valence-corrected chi connectivity index (χ2v) is 6.99.